The summed E-state index contributed by atoms with van der Waals surface area (Å²) in [7, 11) is 0. The average Bonchev–Trinajstić information content (AvgIpc) is 2.53. The van der Waals surface area contributed by atoms with Gasteiger partial charge in [-0.2, -0.15) is 0 Å². The van der Waals surface area contributed by atoms with E-state index in [4.69, 9.17) is 5.73 Å². The first-order chi connectivity index (χ1) is 8.04. The minimum absolute atomic E-state index is 0.0184. The number of hydrogen-bond donors (Lipinski definition) is 1. The molecule has 7 nitrogen and oxygen atoms in total. The third kappa shape index (κ3) is 1.63. The van der Waals surface area contributed by atoms with Crippen LogP contribution in [0.15, 0.2) is 12.1 Å². The normalized spacial score (nSPS) is 12.9. The van der Waals surface area contributed by atoms with E-state index in [0.29, 0.717) is 0 Å². The number of anilines is 1. The number of esters is 3. The number of nitrogen functional groups attached to an aromatic ring is 1. The van der Waals surface area contributed by atoms with Gasteiger partial charge in [-0.3, -0.25) is 4.79 Å². The maximum Gasteiger partial charge on any atom is 0.347 e. The monoisotopic (exact) mass is 235 g/mol. The summed E-state index contributed by atoms with van der Waals surface area (Å²) in [5, 5.41) is 0. The molecule has 7 heteroatoms. The molecule has 0 amide bonds. The van der Waals surface area contributed by atoms with Crippen LogP contribution in [0.3, 0.4) is 0 Å². The van der Waals surface area contributed by atoms with Crippen molar-refractivity contribution >= 4 is 30.1 Å². The van der Waals surface area contributed by atoms with Crippen molar-refractivity contribution in [3.8, 4) is 0 Å². The van der Waals surface area contributed by atoms with Gasteiger partial charge in [0, 0.05) is 5.69 Å². The van der Waals surface area contributed by atoms with Crippen molar-refractivity contribution in [3.63, 3.8) is 0 Å². The SMILES string of the molecule is Nc1cc2c(cc1C(=O)OC=O)C(=O)OC2=O. The van der Waals surface area contributed by atoms with E-state index in [1.165, 1.54) is 0 Å². The highest BCUT2D eigenvalue weighted by molar-refractivity contribution is 6.16. The fraction of sp³-hybridized carbons (Fsp3) is 0. The second kappa shape index (κ2) is 3.71. The molecule has 0 saturated heterocycles. The lowest BCUT2D eigenvalue weighted by atomic mass is 10.0. The zero-order valence-electron chi connectivity index (χ0n) is 8.26. The smallest absolute Gasteiger partial charge is 0.347 e. The first-order valence-electron chi connectivity index (χ1n) is 4.39. The molecule has 0 spiro atoms. The molecule has 86 valence electrons. The summed E-state index contributed by atoms with van der Waals surface area (Å²) in [6.45, 7) is -0.0571. The van der Waals surface area contributed by atoms with Crippen molar-refractivity contribution < 1.29 is 28.7 Å². The zero-order valence-corrected chi connectivity index (χ0v) is 8.26. The van der Waals surface area contributed by atoms with E-state index in [0.717, 1.165) is 12.1 Å². The Morgan fingerprint density at radius 3 is 2.41 bits per heavy atom. The molecule has 1 aliphatic rings. The van der Waals surface area contributed by atoms with Gasteiger partial charge in [-0.15, -0.1) is 0 Å². The number of fused-ring (bicyclic) bond motifs is 1. The molecule has 0 saturated carbocycles. The number of carbonyl (C=O) groups is 4. The van der Waals surface area contributed by atoms with Crippen LogP contribution in [0.2, 0.25) is 0 Å². The molecule has 0 fully saturated rings. The van der Waals surface area contributed by atoms with Crippen LogP contribution in [0.1, 0.15) is 31.1 Å². The van der Waals surface area contributed by atoms with Gasteiger partial charge in [0.1, 0.15) is 0 Å². The van der Waals surface area contributed by atoms with E-state index in [1.54, 1.807) is 0 Å². The van der Waals surface area contributed by atoms with Crippen molar-refractivity contribution in [1.82, 2.24) is 0 Å². The Kier molecular flexibility index (Phi) is 2.36. The molecule has 2 N–H and O–H groups in total. The lowest BCUT2D eigenvalue weighted by molar-refractivity contribution is -0.123. The molecule has 1 aromatic carbocycles. The van der Waals surface area contributed by atoms with Crippen LogP contribution >= 0.6 is 0 Å². The number of carbonyl (C=O) groups excluding carboxylic acids is 4. The molecule has 1 aliphatic heterocycles. The van der Waals surface area contributed by atoms with Gasteiger partial charge in [0.15, 0.2) is 0 Å². The standard InChI is InChI=1S/C10H5NO6/c11-7-2-5-4(9(14)17-10(5)15)1-6(7)8(13)16-3-12/h1-3H,11H2. The highest BCUT2D eigenvalue weighted by Gasteiger charge is 2.32. The first-order valence-corrected chi connectivity index (χ1v) is 4.39. The zero-order chi connectivity index (χ0) is 12.6. The molecule has 0 radical (unpaired) electrons. The predicted molar refractivity (Wildman–Crippen MR) is 52.1 cm³/mol. The summed E-state index contributed by atoms with van der Waals surface area (Å²) in [5.41, 5.74) is 5.14. The quantitative estimate of drug-likeness (QED) is 0.329. The molecule has 0 aromatic heterocycles. The maximum absolute atomic E-state index is 11.3. The number of hydrogen-bond acceptors (Lipinski definition) is 7. The van der Waals surface area contributed by atoms with E-state index in [1.807, 2.05) is 0 Å². The average molecular weight is 235 g/mol. The molecule has 17 heavy (non-hydrogen) atoms. The van der Waals surface area contributed by atoms with Gasteiger partial charge in [0.05, 0.1) is 16.7 Å². The largest absolute Gasteiger partial charge is 0.398 e. The number of benzene rings is 1. The first kappa shape index (κ1) is 10.8. The second-order valence-corrected chi connectivity index (χ2v) is 3.16. The summed E-state index contributed by atoms with van der Waals surface area (Å²) in [4.78, 5) is 43.7. The predicted octanol–water partition coefficient (Wildman–Crippen LogP) is -0.107. The molecule has 0 atom stereocenters. The molecule has 1 heterocycles. The second-order valence-electron chi connectivity index (χ2n) is 3.16. The Bertz CT molecular complexity index is 562. The van der Waals surface area contributed by atoms with Gasteiger partial charge in [0.2, 0.25) is 0 Å². The summed E-state index contributed by atoms with van der Waals surface area (Å²) in [5.74, 6) is -2.70. The van der Waals surface area contributed by atoms with Gasteiger partial charge in [-0.25, -0.2) is 14.4 Å². The number of cyclic esters (lactones) is 2. The van der Waals surface area contributed by atoms with Crippen LogP contribution in [0, 0.1) is 0 Å². The van der Waals surface area contributed by atoms with Crippen molar-refractivity contribution in [2.45, 2.75) is 0 Å². The van der Waals surface area contributed by atoms with E-state index in [9.17, 15) is 19.2 Å². The van der Waals surface area contributed by atoms with Gasteiger partial charge in [-0.1, -0.05) is 0 Å². The molecule has 0 unspecified atom stereocenters. The van der Waals surface area contributed by atoms with E-state index < -0.39 is 17.9 Å². The molecule has 1 aromatic rings. The summed E-state index contributed by atoms with van der Waals surface area (Å²) >= 11 is 0. The summed E-state index contributed by atoms with van der Waals surface area (Å²) in [6, 6.07) is 2.19. The van der Waals surface area contributed by atoms with Crippen molar-refractivity contribution in [3.05, 3.63) is 28.8 Å². The molecule has 0 aliphatic carbocycles. The van der Waals surface area contributed by atoms with Gasteiger partial charge in [0.25, 0.3) is 0 Å². The van der Waals surface area contributed by atoms with Crippen LogP contribution in [-0.4, -0.2) is 24.4 Å². The van der Waals surface area contributed by atoms with Gasteiger partial charge in [-0.05, 0) is 12.1 Å². The molecular weight excluding hydrogens is 230 g/mol. The number of ether oxygens (including phenoxy) is 2. The van der Waals surface area contributed by atoms with E-state index >= 15 is 0 Å². The Morgan fingerprint density at radius 2 is 1.82 bits per heavy atom. The van der Waals surface area contributed by atoms with Crippen LogP contribution in [-0.2, 0) is 14.3 Å². The maximum atomic E-state index is 11.3. The Morgan fingerprint density at radius 1 is 1.24 bits per heavy atom. The fourth-order valence-electron chi connectivity index (χ4n) is 1.43. The number of nitrogens with two attached hydrogens (primary N) is 1. The summed E-state index contributed by atoms with van der Waals surface area (Å²) in [6.07, 6.45) is 0. The van der Waals surface area contributed by atoms with Crippen molar-refractivity contribution in [1.29, 1.82) is 0 Å². The number of rotatable bonds is 2. The lowest BCUT2D eigenvalue weighted by Gasteiger charge is -2.03. The van der Waals surface area contributed by atoms with Crippen molar-refractivity contribution in [2.75, 3.05) is 5.73 Å². The third-order valence-corrected chi connectivity index (χ3v) is 2.19. The Balaban J connectivity index is 2.55. The van der Waals surface area contributed by atoms with Gasteiger partial charge >= 0.3 is 24.4 Å². The Labute approximate surface area is 94.1 Å². The van der Waals surface area contributed by atoms with Crippen LogP contribution in [0.4, 0.5) is 5.69 Å². The summed E-state index contributed by atoms with van der Waals surface area (Å²) < 4.78 is 8.42. The highest BCUT2D eigenvalue weighted by Crippen LogP contribution is 2.26. The lowest BCUT2D eigenvalue weighted by Crippen LogP contribution is -2.09. The van der Waals surface area contributed by atoms with E-state index in [-0.39, 0.29) is 28.8 Å². The minimum Gasteiger partial charge on any atom is -0.398 e. The molecule has 0 bridgehead atoms. The minimum atomic E-state index is -1.01. The third-order valence-electron chi connectivity index (χ3n) is 2.19. The fourth-order valence-corrected chi connectivity index (χ4v) is 1.43. The van der Waals surface area contributed by atoms with Crippen LogP contribution < -0.4 is 5.73 Å². The van der Waals surface area contributed by atoms with Crippen LogP contribution in [0.25, 0.3) is 0 Å². The van der Waals surface area contributed by atoms with E-state index in [2.05, 4.69) is 9.47 Å². The molecule has 2 rings (SSSR count). The highest BCUT2D eigenvalue weighted by atomic mass is 16.6. The Hall–Kier alpha value is -2.70. The molecular formula is C10H5NO6. The van der Waals surface area contributed by atoms with Gasteiger partial charge < -0.3 is 15.2 Å². The van der Waals surface area contributed by atoms with Crippen molar-refractivity contribution in [2.24, 2.45) is 0 Å². The van der Waals surface area contributed by atoms with Crippen LogP contribution in [0.5, 0.6) is 0 Å². The topological polar surface area (TPSA) is 113 Å².